The van der Waals surface area contributed by atoms with Crippen molar-refractivity contribution in [1.29, 1.82) is 0 Å². The molecule has 3 aliphatic heterocycles. The van der Waals surface area contributed by atoms with Gasteiger partial charge >= 0.3 is 12.1 Å². The van der Waals surface area contributed by atoms with Crippen LogP contribution in [0.1, 0.15) is 64.5 Å². The summed E-state index contributed by atoms with van der Waals surface area (Å²) in [5.41, 5.74) is 1.19. The molecule has 5 rings (SSSR count). The summed E-state index contributed by atoms with van der Waals surface area (Å²) in [6, 6.07) is 6.06. The van der Waals surface area contributed by atoms with E-state index in [2.05, 4.69) is 34.0 Å². The van der Waals surface area contributed by atoms with Crippen LogP contribution in [0.25, 0.3) is 10.9 Å². The lowest BCUT2D eigenvalue weighted by Crippen LogP contribution is -2.51. The van der Waals surface area contributed by atoms with Crippen molar-refractivity contribution in [2.24, 2.45) is 0 Å². The van der Waals surface area contributed by atoms with E-state index >= 15 is 4.39 Å². The van der Waals surface area contributed by atoms with E-state index in [9.17, 15) is 14.4 Å². The first kappa shape index (κ1) is 27.4. The molecule has 212 valence electrons. The van der Waals surface area contributed by atoms with Crippen LogP contribution in [0, 0.1) is 6.92 Å². The van der Waals surface area contributed by atoms with Crippen molar-refractivity contribution in [2.75, 3.05) is 44.2 Å². The zero-order valence-electron chi connectivity index (χ0n) is 23.5. The highest BCUT2D eigenvalue weighted by atomic mass is 19.1. The second kappa shape index (κ2) is 10.4. The number of hydrogen-bond donors (Lipinski definition) is 1. The summed E-state index contributed by atoms with van der Waals surface area (Å²) in [7, 11) is 0. The molecule has 0 bridgehead atoms. The Morgan fingerprint density at radius 1 is 1.10 bits per heavy atom. The van der Waals surface area contributed by atoms with Gasteiger partial charge in [0.25, 0.3) is 0 Å². The highest BCUT2D eigenvalue weighted by molar-refractivity contribution is 6.06. The van der Waals surface area contributed by atoms with Gasteiger partial charge in [0, 0.05) is 81.8 Å². The molecule has 4 amide bonds. The minimum Gasteiger partial charge on any atom is -0.444 e. The van der Waals surface area contributed by atoms with Crippen LogP contribution in [-0.4, -0.2) is 82.9 Å². The summed E-state index contributed by atoms with van der Waals surface area (Å²) in [5, 5.41) is 3.46. The molecule has 3 fully saturated rings. The number of nitrogens with zero attached hydrogens (tertiary/aromatic N) is 4. The number of carbonyl (C=O) groups excluding carboxylic acids is 3. The number of carbonyl (C=O) groups is 3. The average Bonchev–Trinajstić information content (AvgIpc) is 3.28. The molecule has 3 aliphatic rings. The molecule has 1 N–H and O–H groups in total. The fourth-order valence-electron chi connectivity index (χ4n) is 6.10. The number of hydrogen-bond acceptors (Lipinski definition) is 5. The number of ether oxygens (including phenoxy) is 1. The summed E-state index contributed by atoms with van der Waals surface area (Å²) >= 11 is 0. The second-order valence-corrected chi connectivity index (χ2v) is 12.3. The second-order valence-electron chi connectivity index (χ2n) is 12.3. The number of rotatable bonds is 4. The van der Waals surface area contributed by atoms with E-state index in [0.717, 1.165) is 48.1 Å². The molecule has 0 radical (unpaired) electrons. The minimum absolute atomic E-state index is 0.239. The Labute approximate surface area is 229 Å². The standard InChI is InChI=1S/C29H40FN5O4/c1-20-17-23(35-14-8-24(36)31-26(35)37)18-21-5-13-34(25(20)21)22-6-11-32(12-7-22)19-29(30)9-15-33(16-10-29)27(38)39-28(2,3)4/h5,13,17-18,22H,6-12,14-16,19H2,1-4H3,(H,31,36,37). The van der Waals surface area contributed by atoms with Crippen LogP contribution in [0.15, 0.2) is 24.4 Å². The van der Waals surface area contributed by atoms with E-state index in [1.165, 1.54) is 0 Å². The van der Waals surface area contributed by atoms with Gasteiger partial charge in [-0.05, 0) is 64.3 Å². The number of fused-ring (bicyclic) bond motifs is 1. The average molecular weight is 542 g/mol. The molecule has 0 saturated carbocycles. The van der Waals surface area contributed by atoms with Gasteiger partial charge in [-0.15, -0.1) is 0 Å². The molecule has 0 unspecified atom stereocenters. The summed E-state index contributed by atoms with van der Waals surface area (Å²) in [6.07, 6.45) is 4.58. The van der Waals surface area contributed by atoms with Crippen molar-refractivity contribution in [3.8, 4) is 0 Å². The lowest BCUT2D eigenvalue weighted by Gasteiger charge is -2.41. The van der Waals surface area contributed by atoms with Gasteiger partial charge in [0.2, 0.25) is 5.91 Å². The number of imide groups is 1. The van der Waals surface area contributed by atoms with Crippen LogP contribution < -0.4 is 10.2 Å². The molecule has 2 aromatic rings. The largest absolute Gasteiger partial charge is 0.444 e. The van der Waals surface area contributed by atoms with Gasteiger partial charge in [0.15, 0.2) is 0 Å². The lowest BCUT2D eigenvalue weighted by molar-refractivity contribution is -0.120. The number of amides is 4. The summed E-state index contributed by atoms with van der Waals surface area (Å²) in [6.45, 7) is 10.8. The van der Waals surface area contributed by atoms with Crippen LogP contribution >= 0.6 is 0 Å². The van der Waals surface area contributed by atoms with Gasteiger partial charge in [0.05, 0.1) is 5.52 Å². The van der Waals surface area contributed by atoms with Crippen molar-refractivity contribution in [3.05, 3.63) is 30.0 Å². The number of aromatic nitrogens is 1. The smallest absolute Gasteiger partial charge is 0.410 e. The number of piperidine rings is 2. The first-order valence-electron chi connectivity index (χ1n) is 14.0. The van der Waals surface area contributed by atoms with Gasteiger partial charge in [-0.1, -0.05) is 0 Å². The Balaban J connectivity index is 1.18. The van der Waals surface area contributed by atoms with Gasteiger partial charge in [0.1, 0.15) is 11.3 Å². The van der Waals surface area contributed by atoms with Crippen LogP contribution in [0.3, 0.4) is 0 Å². The fourth-order valence-corrected chi connectivity index (χ4v) is 6.10. The maximum Gasteiger partial charge on any atom is 0.410 e. The Bertz CT molecular complexity index is 1250. The predicted molar refractivity (Wildman–Crippen MR) is 148 cm³/mol. The highest BCUT2D eigenvalue weighted by Crippen LogP contribution is 2.35. The predicted octanol–water partition coefficient (Wildman–Crippen LogP) is 4.77. The number of aryl methyl sites for hydroxylation is 1. The Hall–Kier alpha value is -3.14. The van der Waals surface area contributed by atoms with Gasteiger partial charge in [-0.25, -0.2) is 14.0 Å². The van der Waals surface area contributed by atoms with Crippen LogP contribution in [0.2, 0.25) is 0 Å². The maximum absolute atomic E-state index is 15.7. The van der Waals surface area contributed by atoms with Gasteiger partial charge < -0.3 is 19.1 Å². The number of anilines is 1. The quantitative estimate of drug-likeness (QED) is 0.603. The molecule has 0 aliphatic carbocycles. The number of urea groups is 1. The minimum atomic E-state index is -1.29. The summed E-state index contributed by atoms with van der Waals surface area (Å²) in [4.78, 5) is 41.7. The monoisotopic (exact) mass is 541 g/mol. The van der Waals surface area contributed by atoms with E-state index in [0.29, 0.717) is 51.5 Å². The molecule has 10 heteroatoms. The fraction of sp³-hybridized carbons (Fsp3) is 0.621. The number of benzene rings is 1. The number of halogens is 1. The SMILES string of the molecule is Cc1cc(N2CCC(=O)NC2=O)cc2ccn(C3CCN(CC4(F)CCN(C(=O)OC(C)(C)C)CC4)CC3)c12. The molecule has 9 nitrogen and oxygen atoms in total. The molecule has 39 heavy (non-hydrogen) atoms. The van der Waals surface area contributed by atoms with E-state index in [1.807, 2.05) is 32.9 Å². The van der Waals surface area contributed by atoms with Crippen molar-refractivity contribution < 1.29 is 23.5 Å². The Morgan fingerprint density at radius 2 is 1.79 bits per heavy atom. The van der Waals surface area contributed by atoms with E-state index in [4.69, 9.17) is 4.74 Å². The molecule has 1 aromatic carbocycles. The van der Waals surface area contributed by atoms with E-state index in [1.54, 1.807) is 9.80 Å². The normalized spacial score (nSPS) is 21.4. The molecule has 0 atom stereocenters. The van der Waals surface area contributed by atoms with Crippen LogP contribution in [0.5, 0.6) is 0 Å². The maximum atomic E-state index is 15.7. The molecule has 4 heterocycles. The Morgan fingerprint density at radius 3 is 2.44 bits per heavy atom. The first-order chi connectivity index (χ1) is 18.4. The third-order valence-corrected chi connectivity index (χ3v) is 8.12. The van der Waals surface area contributed by atoms with Gasteiger partial charge in [-0.3, -0.25) is 15.0 Å². The van der Waals surface area contributed by atoms with E-state index in [-0.39, 0.29) is 18.0 Å². The van der Waals surface area contributed by atoms with Crippen molar-refractivity contribution in [2.45, 2.75) is 77.1 Å². The van der Waals surface area contributed by atoms with Crippen LogP contribution in [-0.2, 0) is 9.53 Å². The molecule has 3 saturated heterocycles. The summed E-state index contributed by atoms with van der Waals surface area (Å²) in [5.74, 6) is -0.239. The Kier molecular flexibility index (Phi) is 7.35. The highest BCUT2D eigenvalue weighted by Gasteiger charge is 2.39. The van der Waals surface area contributed by atoms with Crippen LogP contribution in [0.4, 0.5) is 19.7 Å². The number of alkyl halides is 1. The molecule has 1 aromatic heterocycles. The van der Waals surface area contributed by atoms with Crippen molar-refractivity contribution in [3.63, 3.8) is 0 Å². The third-order valence-electron chi connectivity index (χ3n) is 8.12. The topological polar surface area (TPSA) is 87.1 Å². The zero-order valence-corrected chi connectivity index (χ0v) is 23.5. The third kappa shape index (κ3) is 6.05. The first-order valence-corrected chi connectivity index (χ1v) is 14.0. The van der Waals surface area contributed by atoms with Crippen molar-refractivity contribution in [1.82, 2.24) is 19.7 Å². The summed E-state index contributed by atoms with van der Waals surface area (Å²) < 4.78 is 23.5. The number of likely N-dealkylation sites (tertiary alicyclic amines) is 2. The van der Waals surface area contributed by atoms with Gasteiger partial charge in [-0.2, -0.15) is 0 Å². The lowest BCUT2D eigenvalue weighted by atomic mass is 9.91. The number of nitrogens with one attached hydrogen (secondary N) is 1. The van der Waals surface area contributed by atoms with E-state index < -0.39 is 11.3 Å². The molecule has 0 spiro atoms. The molecular weight excluding hydrogens is 501 g/mol. The molecular formula is C29H40FN5O4. The zero-order chi connectivity index (χ0) is 27.9. The van der Waals surface area contributed by atoms with Crippen molar-refractivity contribution >= 4 is 34.6 Å².